The summed E-state index contributed by atoms with van der Waals surface area (Å²) >= 11 is 0. The molecule has 78 valence electrons. The van der Waals surface area contributed by atoms with Crippen molar-refractivity contribution in [1.29, 1.82) is 0 Å². The second kappa shape index (κ2) is 3.04. The average Bonchev–Trinajstić information content (AvgIpc) is 2.77. The Labute approximate surface area is 81.3 Å². The van der Waals surface area contributed by atoms with Crippen molar-refractivity contribution in [1.82, 2.24) is 5.16 Å². The van der Waals surface area contributed by atoms with E-state index in [-0.39, 0.29) is 5.92 Å². The third kappa shape index (κ3) is 1.33. The number of hydrogen-bond acceptors (Lipinski definition) is 2. The van der Waals surface area contributed by atoms with Crippen LogP contribution in [0.15, 0.2) is 10.6 Å². The van der Waals surface area contributed by atoms with E-state index in [4.69, 9.17) is 4.52 Å². The van der Waals surface area contributed by atoms with Gasteiger partial charge in [0.25, 0.3) is 0 Å². The molecule has 1 saturated carbocycles. The van der Waals surface area contributed by atoms with Crippen LogP contribution >= 0.6 is 0 Å². The summed E-state index contributed by atoms with van der Waals surface area (Å²) in [6.07, 6.45) is -1.28. The standard InChI is InChI=1S/C10H13F2NO/c1-6(2)7-5-8(13-14-7)10(3-4-10)9(11)12/h5-6,9H,3-4H2,1-2H3. The summed E-state index contributed by atoms with van der Waals surface area (Å²) in [5.74, 6) is 0.886. The third-order valence-corrected chi connectivity index (χ3v) is 2.81. The lowest BCUT2D eigenvalue weighted by atomic mass is 10.0. The minimum Gasteiger partial charge on any atom is -0.361 e. The van der Waals surface area contributed by atoms with E-state index >= 15 is 0 Å². The number of hydrogen-bond donors (Lipinski definition) is 0. The highest BCUT2D eigenvalue weighted by molar-refractivity contribution is 5.26. The van der Waals surface area contributed by atoms with Crippen LogP contribution in [0.5, 0.6) is 0 Å². The van der Waals surface area contributed by atoms with Gasteiger partial charge in [-0.25, -0.2) is 8.78 Å². The van der Waals surface area contributed by atoms with Crippen LogP contribution in [0.1, 0.15) is 44.1 Å². The molecule has 1 aliphatic rings. The van der Waals surface area contributed by atoms with Crippen LogP contribution in [-0.4, -0.2) is 11.6 Å². The molecule has 0 radical (unpaired) electrons. The van der Waals surface area contributed by atoms with E-state index in [1.807, 2.05) is 13.8 Å². The molecule has 14 heavy (non-hydrogen) atoms. The van der Waals surface area contributed by atoms with Crippen molar-refractivity contribution in [3.05, 3.63) is 17.5 Å². The van der Waals surface area contributed by atoms with Crippen molar-refractivity contribution in [3.8, 4) is 0 Å². The summed E-state index contributed by atoms with van der Waals surface area (Å²) in [5.41, 5.74) is -0.562. The van der Waals surface area contributed by atoms with Crippen LogP contribution in [0.3, 0.4) is 0 Å². The summed E-state index contributed by atoms with van der Waals surface area (Å²) in [4.78, 5) is 0. The lowest BCUT2D eigenvalue weighted by molar-refractivity contribution is 0.0979. The summed E-state index contributed by atoms with van der Waals surface area (Å²) < 4.78 is 30.4. The molecule has 2 nitrogen and oxygen atoms in total. The zero-order chi connectivity index (χ0) is 10.3. The second-order valence-corrected chi connectivity index (χ2v) is 4.23. The van der Waals surface area contributed by atoms with Crippen molar-refractivity contribution in [2.24, 2.45) is 0 Å². The van der Waals surface area contributed by atoms with Crippen LogP contribution < -0.4 is 0 Å². The van der Waals surface area contributed by atoms with Gasteiger partial charge in [0.2, 0.25) is 6.43 Å². The SMILES string of the molecule is CC(C)c1cc(C2(C(F)F)CC2)no1. The van der Waals surface area contributed by atoms with Crippen LogP contribution in [0, 0.1) is 0 Å². The number of alkyl halides is 2. The van der Waals surface area contributed by atoms with E-state index in [1.54, 1.807) is 6.07 Å². The molecule has 0 spiro atoms. The smallest absolute Gasteiger partial charge is 0.249 e. The molecule has 0 unspecified atom stereocenters. The Balaban J connectivity index is 2.25. The first-order valence-corrected chi connectivity index (χ1v) is 4.81. The summed E-state index contributed by atoms with van der Waals surface area (Å²) in [7, 11) is 0. The number of halogens is 2. The van der Waals surface area contributed by atoms with Gasteiger partial charge >= 0.3 is 0 Å². The molecular formula is C10H13F2NO. The van der Waals surface area contributed by atoms with Crippen molar-refractivity contribution in [3.63, 3.8) is 0 Å². The van der Waals surface area contributed by atoms with E-state index in [0.717, 1.165) is 0 Å². The van der Waals surface area contributed by atoms with Crippen molar-refractivity contribution < 1.29 is 13.3 Å². The molecule has 2 rings (SSSR count). The highest BCUT2D eigenvalue weighted by Crippen LogP contribution is 2.52. The summed E-state index contributed by atoms with van der Waals surface area (Å²) in [6, 6.07) is 1.67. The first-order valence-electron chi connectivity index (χ1n) is 4.81. The fourth-order valence-corrected chi connectivity index (χ4v) is 1.52. The molecule has 0 N–H and O–H groups in total. The van der Waals surface area contributed by atoms with E-state index in [2.05, 4.69) is 5.16 Å². The Morgan fingerprint density at radius 3 is 2.43 bits per heavy atom. The van der Waals surface area contributed by atoms with E-state index in [1.165, 1.54) is 0 Å². The predicted molar refractivity (Wildman–Crippen MR) is 47.5 cm³/mol. The lowest BCUT2D eigenvalue weighted by Gasteiger charge is -2.08. The molecule has 4 heteroatoms. The number of nitrogens with zero attached hydrogens (tertiary/aromatic N) is 1. The van der Waals surface area contributed by atoms with Crippen molar-refractivity contribution in [2.45, 2.75) is 44.4 Å². The molecule has 1 fully saturated rings. The monoisotopic (exact) mass is 201 g/mol. The molecule has 0 aliphatic heterocycles. The van der Waals surface area contributed by atoms with Gasteiger partial charge in [-0.15, -0.1) is 0 Å². The fourth-order valence-electron chi connectivity index (χ4n) is 1.52. The van der Waals surface area contributed by atoms with Gasteiger partial charge in [0.15, 0.2) is 0 Å². The summed E-state index contributed by atoms with van der Waals surface area (Å²) in [6.45, 7) is 3.90. The molecule has 1 aromatic rings. The molecule has 1 aliphatic carbocycles. The number of aromatic nitrogens is 1. The average molecular weight is 201 g/mol. The normalized spacial score (nSPS) is 19.3. The molecular weight excluding hydrogens is 188 g/mol. The molecule has 0 saturated heterocycles. The van der Waals surface area contributed by atoms with Gasteiger partial charge in [0.05, 0.1) is 11.1 Å². The topological polar surface area (TPSA) is 26.0 Å². The van der Waals surface area contributed by atoms with Gasteiger partial charge in [-0.3, -0.25) is 0 Å². The van der Waals surface area contributed by atoms with Crippen molar-refractivity contribution in [2.75, 3.05) is 0 Å². The van der Waals surface area contributed by atoms with Gasteiger partial charge in [0, 0.05) is 12.0 Å². The highest BCUT2D eigenvalue weighted by Gasteiger charge is 2.54. The van der Waals surface area contributed by atoms with Gasteiger partial charge in [-0.1, -0.05) is 19.0 Å². The molecule has 0 amide bonds. The maximum atomic E-state index is 12.7. The first-order chi connectivity index (χ1) is 6.56. The molecule has 1 heterocycles. The Morgan fingerprint density at radius 2 is 2.07 bits per heavy atom. The maximum absolute atomic E-state index is 12.7. The van der Waals surface area contributed by atoms with E-state index in [9.17, 15) is 8.78 Å². The van der Waals surface area contributed by atoms with Crippen LogP contribution in [0.2, 0.25) is 0 Å². The third-order valence-electron chi connectivity index (χ3n) is 2.81. The zero-order valence-electron chi connectivity index (χ0n) is 8.26. The minimum absolute atomic E-state index is 0.199. The molecule has 1 aromatic heterocycles. The fraction of sp³-hybridized carbons (Fsp3) is 0.700. The quantitative estimate of drug-likeness (QED) is 0.751. The molecule has 0 bridgehead atoms. The largest absolute Gasteiger partial charge is 0.361 e. The molecule has 0 atom stereocenters. The minimum atomic E-state index is -2.33. The van der Waals surface area contributed by atoms with Gasteiger partial charge < -0.3 is 4.52 Å². The zero-order valence-corrected chi connectivity index (χ0v) is 8.26. The lowest BCUT2D eigenvalue weighted by Crippen LogP contribution is -2.17. The first kappa shape index (κ1) is 9.62. The predicted octanol–water partition coefficient (Wildman–Crippen LogP) is 3.09. The van der Waals surface area contributed by atoms with Crippen molar-refractivity contribution >= 4 is 0 Å². The van der Waals surface area contributed by atoms with Gasteiger partial charge in [-0.2, -0.15) is 0 Å². The Bertz CT molecular complexity index is 329. The Morgan fingerprint density at radius 1 is 1.43 bits per heavy atom. The van der Waals surface area contributed by atoms with Gasteiger partial charge in [-0.05, 0) is 12.8 Å². The Hall–Kier alpha value is -0.930. The van der Waals surface area contributed by atoms with Crippen LogP contribution in [0.4, 0.5) is 8.78 Å². The Kier molecular flexibility index (Phi) is 2.09. The summed E-state index contributed by atoms with van der Waals surface area (Å²) in [5, 5.41) is 3.74. The van der Waals surface area contributed by atoms with Crippen LogP contribution in [-0.2, 0) is 5.41 Å². The second-order valence-electron chi connectivity index (χ2n) is 4.23. The van der Waals surface area contributed by atoms with E-state index < -0.39 is 11.8 Å². The molecule has 0 aromatic carbocycles. The van der Waals surface area contributed by atoms with Crippen LogP contribution in [0.25, 0.3) is 0 Å². The number of rotatable bonds is 3. The van der Waals surface area contributed by atoms with E-state index in [0.29, 0.717) is 24.3 Å². The van der Waals surface area contributed by atoms with Gasteiger partial charge in [0.1, 0.15) is 5.76 Å². The highest BCUT2D eigenvalue weighted by atomic mass is 19.3. The maximum Gasteiger partial charge on any atom is 0.249 e.